The number of rotatable bonds is 14. The first kappa shape index (κ1) is 21.2. The zero-order chi connectivity index (χ0) is 17.7. The number of aryl methyl sites for hydroxylation is 1. The van der Waals surface area contributed by atoms with Crippen LogP contribution in [0.15, 0.2) is 24.3 Å². The smallest absolute Gasteiger partial charge is 0.0406 e. The molecule has 1 aromatic rings. The van der Waals surface area contributed by atoms with Crippen LogP contribution in [-0.2, 0) is 5.54 Å². The van der Waals surface area contributed by atoms with Crippen molar-refractivity contribution in [3.05, 3.63) is 35.4 Å². The molecule has 1 rings (SSSR count). The molecule has 0 fully saturated rings. The Labute approximate surface area is 151 Å². The van der Waals surface area contributed by atoms with Crippen molar-refractivity contribution >= 4 is 0 Å². The summed E-state index contributed by atoms with van der Waals surface area (Å²) in [5, 5.41) is 3.83. The van der Waals surface area contributed by atoms with E-state index in [0.29, 0.717) is 0 Å². The Kier molecular flexibility index (Phi) is 11.1. The molecule has 0 aliphatic rings. The molecule has 0 aliphatic carbocycles. The van der Waals surface area contributed by atoms with Crippen LogP contribution in [0, 0.1) is 6.92 Å². The van der Waals surface area contributed by atoms with Gasteiger partial charge in [0.15, 0.2) is 0 Å². The molecule has 0 heterocycles. The highest BCUT2D eigenvalue weighted by Crippen LogP contribution is 2.27. The molecule has 0 aliphatic heterocycles. The molecule has 0 saturated carbocycles. The van der Waals surface area contributed by atoms with Crippen LogP contribution < -0.4 is 5.32 Å². The quantitative estimate of drug-likeness (QED) is 0.357. The van der Waals surface area contributed by atoms with E-state index < -0.39 is 0 Å². The lowest BCUT2D eigenvalue weighted by atomic mass is 9.86. The predicted molar refractivity (Wildman–Crippen MR) is 109 cm³/mol. The van der Waals surface area contributed by atoms with Crippen molar-refractivity contribution in [3.8, 4) is 0 Å². The second-order valence-electron chi connectivity index (χ2n) is 7.61. The zero-order valence-corrected chi connectivity index (χ0v) is 16.8. The first-order valence-electron chi connectivity index (χ1n) is 10.4. The van der Waals surface area contributed by atoms with E-state index in [1.165, 1.54) is 75.3 Å². The van der Waals surface area contributed by atoms with E-state index in [1.54, 1.807) is 0 Å². The average molecular weight is 332 g/mol. The van der Waals surface area contributed by atoms with E-state index >= 15 is 0 Å². The molecule has 0 spiro atoms. The first-order chi connectivity index (χ1) is 11.6. The maximum absolute atomic E-state index is 3.83. The zero-order valence-electron chi connectivity index (χ0n) is 16.8. The molecule has 1 nitrogen and oxygen atoms in total. The average Bonchev–Trinajstić information content (AvgIpc) is 2.60. The van der Waals surface area contributed by atoms with Crippen molar-refractivity contribution in [3.63, 3.8) is 0 Å². The molecule has 138 valence electrons. The summed E-state index contributed by atoms with van der Waals surface area (Å²) in [5.41, 5.74) is 2.97. The lowest BCUT2D eigenvalue weighted by Gasteiger charge is -2.32. The van der Waals surface area contributed by atoms with Crippen LogP contribution >= 0.6 is 0 Å². The Balaban J connectivity index is 2.14. The van der Waals surface area contributed by atoms with Crippen molar-refractivity contribution in [2.75, 3.05) is 6.54 Å². The van der Waals surface area contributed by atoms with Crippen LogP contribution in [0.2, 0.25) is 0 Å². The fraction of sp³-hybridized carbons (Fsp3) is 0.739. The van der Waals surface area contributed by atoms with E-state index in [2.05, 4.69) is 57.3 Å². The topological polar surface area (TPSA) is 12.0 Å². The Morgan fingerprint density at radius 3 is 1.88 bits per heavy atom. The van der Waals surface area contributed by atoms with Crippen molar-refractivity contribution in [1.82, 2.24) is 5.32 Å². The third kappa shape index (κ3) is 7.83. The SMILES string of the molecule is CCCCCCCCCCCCNC(C)(CC)c1ccccc1C. The van der Waals surface area contributed by atoms with Crippen LogP contribution in [-0.4, -0.2) is 6.54 Å². The molecule has 1 N–H and O–H groups in total. The van der Waals surface area contributed by atoms with Gasteiger partial charge in [-0.05, 0) is 44.4 Å². The second-order valence-corrected chi connectivity index (χ2v) is 7.61. The molecule has 0 aromatic heterocycles. The summed E-state index contributed by atoms with van der Waals surface area (Å²) in [4.78, 5) is 0. The monoisotopic (exact) mass is 331 g/mol. The molecule has 0 radical (unpaired) electrons. The van der Waals surface area contributed by atoms with Gasteiger partial charge in [0.25, 0.3) is 0 Å². The summed E-state index contributed by atoms with van der Waals surface area (Å²) < 4.78 is 0. The summed E-state index contributed by atoms with van der Waals surface area (Å²) in [6.45, 7) is 10.3. The van der Waals surface area contributed by atoms with Crippen LogP contribution in [0.25, 0.3) is 0 Å². The van der Waals surface area contributed by atoms with Gasteiger partial charge >= 0.3 is 0 Å². The van der Waals surface area contributed by atoms with Gasteiger partial charge in [-0.15, -0.1) is 0 Å². The van der Waals surface area contributed by atoms with Gasteiger partial charge < -0.3 is 5.32 Å². The number of hydrogen-bond donors (Lipinski definition) is 1. The van der Waals surface area contributed by atoms with Gasteiger partial charge in [0.2, 0.25) is 0 Å². The van der Waals surface area contributed by atoms with Crippen LogP contribution in [0.5, 0.6) is 0 Å². The Bertz CT molecular complexity index is 426. The van der Waals surface area contributed by atoms with E-state index in [-0.39, 0.29) is 5.54 Å². The number of unbranched alkanes of at least 4 members (excludes halogenated alkanes) is 9. The maximum Gasteiger partial charge on any atom is 0.0406 e. The molecular weight excluding hydrogens is 290 g/mol. The molecule has 0 amide bonds. The summed E-state index contributed by atoms with van der Waals surface area (Å²) in [7, 11) is 0. The highest BCUT2D eigenvalue weighted by Gasteiger charge is 2.24. The minimum absolute atomic E-state index is 0.116. The van der Waals surface area contributed by atoms with Gasteiger partial charge in [-0.1, -0.05) is 95.9 Å². The molecule has 24 heavy (non-hydrogen) atoms. The van der Waals surface area contributed by atoms with Gasteiger partial charge in [-0.25, -0.2) is 0 Å². The predicted octanol–water partition coefficient (Wildman–Crippen LogP) is 7.13. The number of hydrogen-bond acceptors (Lipinski definition) is 1. The minimum Gasteiger partial charge on any atom is -0.308 e. The number of nitrogens with one attached hydrogen (secondary N) is 1. The molecule has 1 unspecified atom stereocenters. The summed E-state index contributed by atoms with van der Waals surface area (Å²) >= 11 is 0. The standard InChI is InChI=1S/C23H41N/c1-5-7-8-9-10-11-12-13-14-17-20-24-23(4,6-2)22-19-16-15-18-21(22)3/h15-16,18-19,24H,5-14,17,20H2,1-4H3. The summed E-state index contributed by atoms with van der Waals surface area (Å²) in [6.07, 6.45) is 15.2. The molecular formula is C23H41N. The molecule has 0 saturated heterocycles. The summed E-state index contributed by atoms with van der Waals surface area (Å²) in [5.74, 6) is 0. The van der Waals surface area contributed by atoms with Gasteiger partial charge in [-0.2, -0.15) is 0 Å². The maximum atomic E-state index is 3.83. The van der Waals surface area contributed by atoms with Crippen molar-refractivity contribution in [1.29, 1.82) is 0 Å². The first-order valence-corrected chi connectivity index (χ1v) is 10.4. The van der Waals surface area contributed by atoms with Gasteiger partial charge in [-0.3, -0.25) is 0 Å². The third-order valence-electron chi connectivity index (χ3n) is 5.49. The lowest BCUT2D eigenvalue weighted by Crippen LogP contribution is -2.40. The lowest BCUT2D eigenvalue weighted by molar-refractivity contribution is 0.347. The Morgan fingerprint density at radius 2 is 1.33 bits per heavy atom. The van der Waals surface area contributed by atoms with Crippen LogP contribution in [0.1, 0.15) is 103 Å². The van der Waals surface area contributed by atoms with E-state index in [9.17, 15) is 0 Å². The highest BCUT2D eigenvalue weighted by atomic mass is 15.0. The second kappa shape index (κ2) is 12.5. The van der Waals surface area contributed by atoms with Gasteiger partial charge in [0, 0.05) is 5.54 Å². The molecule has 1 heteroatoms. The van der Waals surface area contributed by atoms with Gasteiger partial charge in [0.1, 0.15) is 0 Å². The molecule has 1 aromatic carbocycles. The van der Waals surface area contributed by atoms with Crippen LogP contribution in [0.3, 0.4) is 0 Å². The van der Waals surface area contributed by atoms with E-state index in [0.717, 1.165) is 13.0 Å². The highest BCUT2D eigenvalue weighted by molar-refractivity contribution is 5.32. The fourth-order valence-electron chi connectivity index (χ4n) is 3.58. The third-order valence-corrected chi connectivity index (χ3v) is 5.49. The fourth-order valence-corrected chi connectivity index (χ4v) is 3.58. The van der Waals surface area contributed by atoms with Crippen molar-refractivity contribution < 1.29 is 0 Å². The normalized spacial score (nSPS) is 13.8. The van der Waals surface area contributed by atoms with Crippen molar-refractivity contribution in [2.45, 2.75) is 104 Å². The van der Waals surface area contributed by atoms with Crippen molar-refractivity contribution in [2.24, 2.45) is 0 Å². The Hall–Kier alpha value is -0.820. The van der Waals surface area contributed by atoms with E-state index in [1.807, 2.05) is 0 Å². The minimum atomic E-state index is 0.116. The molecule has 0 bridgehead atoms. The largest absolute Gasteiger partial charge is 0.308 e. The Morgan fingerprint density at radius 1 is 0.792 bits per heavy atom. The summed E-state index contributed by atoms with van der Waals surface area (Å²) in [6, 6.07) is 8.81. The van der Waals surface area contributed by atoms with Crippen LogP contribution in [0.4, 0.5) is 0 Å². The van der Waals surface area contributed by atoms with Gasteiger partial charge in [0.05, 0.1) is 0 Å². The van der Waals surface area contributed by atoms with E-state index in [4.69, 9.17) is 0 Å². The molecule has 1 atom stereocenters. The number of benzene rings is 1.